The van der Waals surface area contributed by atoms with Crippen LogP contribution in [0.25, 0.3) is 0 Å². The van der Waals surface area contributed by atoms with Gasteiger partial charge in [-0.3, -0.25) is 19.8 Å². The van der Waals surface area contributed by atoms with Gasteiger partial charge in [-0.25, -0.2) is 4.98 Å². The van der Waals surface area contributed by atoms with Gasteiger partial charge in [-0.1, -0.05) is 0 Å². The van der Waals surface area contributed by atoms with Crippen LogP contribution in [-0.2, 0) is 9.53 Å². The number of amides is 1. The van der Waals surface area contributed by atoms with Crippen LogP contribution in [0.5, 0.6) is 0 Å². The molecular weight excluding hydrogens is 252 g/mol. The van der Waals surface area contributed by atoms with E-state index in [1.807, 2.05) is 4.90 Å². The summed E-state index contributed by atoms with van der Waals surface area (Å²) in [6.07, 6.45) is 1.12. The Morgan fingerprint density at radius 3 is 2.79 bits per heavy atom. The van der Waals surface area contributed by atoms with E-state index in [1.54, 1.807) is 0 Å². The van der Waals surface area contributed by atoms with Crippen molar-refractivity contribution < 1.29 is 14.5 Å². The molecule has 102 valence electrons. The zero-order valence-electron chi connectivity index (χ0n) is 10.2. The first-order chi connectivity index (χ1) is 9.15. The maximum atomic E-state index is 11.7. The Morgan fingerprint density at radius 2 is 2.21 bits per heavy atom. The molecule has 2 heterocycles. The molecule has 2 rings (SSSR count). The highest BCUT2D eigenvalue weighted by Crippen LogP contribution is 2.11. The molecule has 0 unspecified atom stereocenters. The number of anilines is 1. The molecule has 0 radical (unpaired) electrons. The number of nitrogens with zero attached hydrogens (tertiary/aromatic N) is 3. The average molecular weight is 266 g/mol. The number of hydrogen-bond acceptors (Lipinski definition) is 6. The maximum Gasteiger partial charge on any atom is 0.287 e. The van der Waals surface area contributed by atoms with Gasteiger partial charge >= 0.3 is 0 Å². The quantitative estimate of drug-likeness (QED) is 0.620. The summed E-state index contributed by atoms with van der Waals surface area (Å²) in [6, 6.07) is 2.71. The van der Waals surface area contributed by atoms with E-state index >= 15 is 0 Å². The van der Waals surface area contributed by atoms with Gasteiger partial charge in [0.05, 0.1) is 24.7 Å². The van der Waals surface area contributed by atoms with Crippen molar-refractivity contribution in [2.45, 2.75) is 0 Å². The first-order valence-electron chi connectivity index (χ1n) is 5.85. The van der Waals surface area contributed by atoms with E-state index in [2.05, 4.69) is 10.3 Å². The van der Waals surface area contributed by atoms with Crippen LogP contribution >= 0.6 is 0 Å². The van der Waals surface area contributed by atoms with Crippen LogP contribution in [0.3, 0.4) is 0 Å². The fourth-order valence-electron chi connectivity index (χ4n) is 1.71. The molecule has 1 N–H and O–H groups in total. The number of hydrogen-bond donors (Lipinski definition) is 1. The van der Waals surface area contributed by atoms with Crippen LogP contribution in [0.2, 0.25) is 0 Å². The molecule has 0 aliphatic carbocycles. The molecule has 0 saturated carbocycles. The van der Waals surface area contributed by atoms with E-state index in [0.717, 1.165) is 19.3 Å². The van der Waals surface area contributed by atoms with Crippen LogP contribution in [0.15, 0.2) is 18.3 Å². The van der Waals surface area contributed by atoms with E-state index in [0.29, 0.717) is 19.0 Å². The molecule has 8 heteroatoms. The Kier molecular flexibility index (Phi) is 4.37. The Hall–Kier alpha value is -2.06. The number of nitrogens with one attached hydrogen (secondary N) is 1. The van der Waals surface area contributed by atoms with Gasteiger partial charge < -0.3 is 10.1 Å². The predicted molar refractivity (Wildman–Crippen MR) is 66.8 cm³/mol. The third kappa shape index (κ3) is 3.97. The van der Waals surface area contributed by atoms with E-state index < -0.39 is 4.92 Å². The molecule has 1 aliphatic heterocycles. The Morgan fingerprint density at radius 1 is 1.47 bits per heavy atom. The SMILES string of the molecule is O=C(CN1CCOCC1)Nc1ccc([N+](=O)[O-])cn1. The lowest BCUT2D eigenvalue weighted by Crippen LogP contribution is -2.41. The number of ether oxygens (including phenoxy) is 1. The number of pyridine rings is 1. The van der Waals surface area contributed by atoms with Gasteiger partial charge in [-0.15, -0.1) is 0 Å². The van der Waals surface area contributed by atoms with Crippen molar-refractivity contribution >= 4 is 17.4 Å². The van der Waals surface area contributed by atoms with Crippen LogP contribution in [-0.4, -0.2) is 53.6 Å². The summed E-state index contributed by atoms with van der Waals surface area (Å²) in [5.74, 6) is 0.118. The smallest absolute Gasteiger partial charge is 0.287 e. The van der Waals surface area contributed by atoms with E-state index in [-0.39, 0.29) is 18.1 Å². The van der Waals surface area contributed by atoms with Gasteiger partial charge in [0.15, 0.2) is 0 Å². The normalized spacial score (nSPS) is 16.0. The van der Waals surface area contributed by atoms with Crippen molar-refractivity contribution in [3.8, 4) is 0 Å². The third-order valence-corrected chi connectivity index (χ3v) is 2.70. The largest absolute Gasteiger partial charge is 0.379 e. The average Bonchev–Trinajstić information content (AvgIpc) is 2.40. The van der Waals surface area contributed by atoms with Crippen molar-refractivity contribution in [1.82, 2.24) is 9.88 Å². The zero-order chi connectivity index (χ0) is 13.7. The van der Waals surface area contributed by atoms with Crippen molar-refractivity contribution in [2.75, 3.05) is 38.2 Å². The molecule has 1 aromatic heterocycles. The van der Waals surface area contributed by atoms with Gasteiger partial charge in [0, 0.05) is 19.2 Å². The van der Waals surface area contributed by atoms with Crippen molar-refractivity contribution in [1.29, 1.82) is 0 Å². The summed E-state index contributed by atoms with van der Waals surface area (Å²) in [7, 11) is 0. The first kappa shape index (κ1) is 13.4. The Balaban J connectivity index is 1.85. The molecule has 1 aromatic rings. The van der Waals surface area contributed by atoms with Crippen LogP contribution < -0.4 is 5.32 Å². The molecule has 1 saturated heterocycles. The molecule has 19 heavy (non-hydrogen) atoms. The van der Waals surface area contributed by atoms with Gasteiger partial charge in [-0.05, 0) is 6.07 Å². The lowest BCUT2D eigenvalue weighted by atomic mass is 10.4. The fourth-order valence-corrected chi connectivity index (χ4v) is 1.71. The minimum absolute atomic E-state index is 0.105. The van der Waals surface area contributed by atoms with Crippen LogP contribution in [0, 0.1) is 10.1 Å². The molecule has 0 bridgehead atoms. The molecular formula is C11H14N4O4. The summed E-state index contributed by atoms with van der Waals surface area (Å²) in [6.45, 7) is 2.97. The molecule has 0 atom stereocenters. The highest BCUT2D eigenvalue weighted by Gasteiger charge is 2.14. The third-order valence-electron chi connectivity index (χ3n) is 2.70. The van der Waals surface area contributed by atoms with Gasteiger partial charge in [-0.2, -0.15) is 0 Å². The number of morpholine rings is 1. The summed E-state index contributed by atoms with van der Waals surface area (Å²) >= 11 is 0. The summed E-state index contributed by atoms with van der Waals surface area (Å²) in [5, 5.41) is 13.1. The second-order valence-corrected chi connectivity index (χ2v) is 4.10. The first-order valence-corrected chi connectivity index (χ1v) is 5.85. The van der Waals surface area contributed by atoms with Crippen molar-refractivity contribution in [3.63, 3.8) is 0 Å². The van der Waals surface area contributed by atoms with Gasteiger partial charge in [0.25, 0.3) is 5.69 Å². The highest BCUT2D eigenvalue weighted by atomic mass is 16.6. The molecule has 0 spiro atoms. The standard InChI is InChI=1S/C11H14N4O4/c16-11(8-14-3-5-19-6-4-14)13-10-2-1-9(7-12-10)15(17)18/h1-2,7H,3-6,8H2,(H,12,13,16). The Labute approximate surface area is 109 Å². The minimum Gasteiger partial charge on any atom is -0.379 e. The summed E-state index contributed by atoms with van der Waals surface area (Å²) in [5.41, 5.74) is -0.105. The number of aromatic nitrogens is 1. The minimum atomic E-state index is -0.535. The topological polar surface area (TPSA) is 97.6 Å². The fraction of sp³-hybridized carbons (Fsp3) is 0.455. The Bertz CT molecular complexity index is 456. The number of nitro groups is 1. The van der Waals surface area contributed by atoms with Gasteiger partial charge in [0.2, 0.25) is 5.91 Å². The summed E-state index contributed by atoms with van der Waals surface area (Å²) < 4.78 is 5.19. The molecule has 0 aromatic carbocycles. The second-order valence-electron chi connectivity index (χ2n) is 4.10. The molecule has 1 aliphatic rings. The molecule has 8 nitrogen and oxygen atoms in total. The number of carbonyl (C=O) groups is 1. The second kappa shape index (κ2) is 6.21. The van der Waals surface area contributed by atoms with Gasteiger partial charge in [0.1, 0.15) is 12.0 Å². The maximum absolute atomic E-state index is 11.7. The molecule has 1 amide bonds. The van der Waals surface area contributed by atoms with Crippen molar-refractivity contribution in [3.05, 3.63) is 28.4 Å². The summed E-state index contributed by atoms with van der Waals surface area (Å²) in [4.78, 5) is 27.4. The number of rotatable bonds is 4. The van der Waals surface area contributed by atoms with E-state index in [9.17, 15) is 14.9 Å². The lowest BCUT2D eigenvalue weighted by Gasteiger charge is -2.25. The molecule has 1 fully saturated rings. The monoisotopic (exact) mass is 266 g/mol. The highest BCUT2D eigenvalue weighted by molar-refractivity contribution is 5.91. The van der Waals surface area contributed by atoms with Crippen molar-refractivity contribution in [2.24, 2.45) is 0 Å². The zero-order valence-corrected chi connectivity index (χ0v) is 10.2. The predicted octanol–water partition coefficient (Wildman–Crippen LogP) is 0.261. The lowest BCUT2D eigenvalue weighted by molar-refractivity contribution is -0.385. The van der Waals surface area contributed by atoms with E-state index in [4.69, 9.17) is 4.74 Å². The van der Waals surface area contributed by atoms with E-state index in [1.165, 1.54) is 12.1 Å². The van der Waals surface area contributed by atoms with Crippen LogP contribution in [0.4, 0.5) is 11.5 Å². The number of carbonyl (C=O) groups excluding carboxylic acids is 1. The van der Waals surface area contributed by atoms with Crippen LogP contribution in [0.1, 0.15) is 0 Å².